The minimum Gasteiger partial charge on any atom is -0.453 e. The van der Waals surface area contributed by atoms with Crippen molar-refractivity contribution in [2.24, 2.45) is 28.6 Å². The van der Waals surface area contributed by atoms with Gasteiger partial charge in [-0.15, -0.1) is 0 Å². The molecule has 4 aliphatic rings. The fourth-order valence-corrected chi connectivity index (χ4v) is 8.51. The van der Waals surface area contributed by atoms with Gasteiger partial charge in [-0.3, -0.25) is 9.59 Å². The van der Waals surface area contributed by atoms with Crippen LogP contribution in [0.3, 0.4) is 0 Å². The second-order valence-electron chi connectivity index (χ2n) is 17.3. The average molecular weight is 747 g/mol. The number of aromatic amines is 2. The van der Waals surface area contributed by atoms with Crippen LogP contribution in [0.1, 0.15) is 108 Å². The van der Waals surface area contributed by atoms with Gasteiger partial charge in [0.1, 0.15) is 17.9 Å². The van der Waals surface area contributed by atoms with E-state index >= 15 is 0 Å². The summed E-state index contributed by atoms with van der Waals surface area (Å²) < 4.78 is 5.88. The van der Waals surface area contributed by atoms with E-state index in [1.54, 1.807) is 11.1 Å². The van der Waals surface area contributed by atoms with Crippen LogP contribution in [0.4, 0.5) is 4.79 Å². The second kappa shape index (κ2) is 13.8. The molecular formula is C43H52N7O5+. The second-order valence-corrected chi connectivity index (χ2v) is 17.3. The van der Waals surface area contributed by atoms with Crippen LogP contribution in [0, 0.1) is 40.4 Å². The highest BCUT2D eigenvalue weighted by Gasteiger charge is 2.57. The number of likely N-dealkylation sites (tertiary alicyclic amines) is 2. The number of alkyl carbamates (subject to hydrolysis) is 1. The van der Waals surface area contributed by atoms with Gasteiger partial charge in [0.2, 0.25) is 11.8 Å². The quantitative estimate of drug-likeness (QED) is 0.0951. The molecule has 4 aromatic rings. The first kappa shape index (κ1) is 36.7. The monoisotopic (exact) mass is 746 g/mol. The van der Waals surface area contributed by atoms with Gasteiger partial charge in [0.25, 0.3) is 0 Å². The van der Waals surface area contributed by atoms with Gasteiger partial charge in [-0.05, 0) is 108 Å². The van der Waals surface area contributed by atoms with Crippen molar-refractivity contribution in [2.45, 2.75) is 91.3 Å². The van der Waals surface area contributed by atoms with E-state index in [0.717, 1.165) is 70.5 Å². The van der Waals surface area contributed by atoms with Crippen molar-refractivity contribution >= 4 is 28.9 Å². The molecule has 2 spiro atoms. The van der Waals surface area contributed by atoms with Crippen LogP contribution in [0.2, 0.25) is 0 Å². The summed E-state index contributed by atoms with van der Waals surface area (Å²) >= 11 is 0. The Morgan fingerprint density at radius 1 is 0.873 bits per heavy atom. The maximum Gasteiger partial charge on any atom is 0.407 e. The van der Waals surface area contributed by atoms with Crippen LogP contribution in [-0.2, 0) is 14.3 Å². The van der Waals surface area contributed by atoms with E-state index in [2.05, 4.69) is 45.9 Å². The number of hydrogen-bond acceptors (Lipinski definition) is 6. The lowest BCUT2D eigenvalue weighted by Crippen LogP contribution is -2.52. The standard InChI is InChI=1S/C43H51N7O5/c1-25(2)27(5)39(51)48-23-42(15-16-42)20-34(48)37-44-31-14-11-29(19-32(31)45-37)8-7-28-9-12-30(13-10-28)33-22-50(54)38(46-33)35-21-43(17-18-43)24-49(35)40(52)36(26(3)4)47-41(53)55-6/h9-14,19,22,25-27,34-36,54H,15-18,20-21,23-24H2,1-6H3,(H2,44,45,47,53)/p+1/t27-,34-,35-,36-/m0/s1. The molecule has 55 heavy (non-hydrogen) atoms. The predicted octanol–water partition coefficient (Wildman–Crippen LogP) is 6.26. The van der Waals surface area contributed by atoms with Gasteiger partial charge in [0.05, 0.1) is 24.2 Å². The molecule has 3 amide bonds. The van der Waals surface area contributed by atoms with Crippen molar-refractivity contribution in [1.29, 1.82) is 0 Å². The Morgan fingerprint density at radius 3 is 2.11 bits per heavy atom. The van der Waals surface area contributed by atoms with Crippen LogP contribution in [0.15, 0.2) is 48.7 Å². The highest BCUT2D eigenvalue weighted by molar-refractivity contribution is 5.86. The maximum atomic E-state index is 13.9. The molecule has 2 aromatic heterocycles. The minimum atomic E-state index is -0.744. The number of methoxy groups -OCH3 is 1. The number of benzene rings is 2. The third-order valence-electron chi connectivity index (χ3n) is 12.7. The van der Waals surface area contributed by atoms with Gasteiger partial charge in [0, 0.05) is 35.7 Å². The van der Waals surface area contributed by atoms with Crippen LogP contribution in [-0.4, -0.2) is 74.1 Å². The van der Waals surface area contributed by atoms with Crippen molar-refractivity contribution in [2.75, 3.05) is 20.2 Å². The van der Waals surface area contributed by atoms with Crippen molar-refractivity contribution in [1.82, 2.24) is 30.1 Å². The van der Waals surface area contributed by atoms with E-state index in [1.165, 1.54) is 20.0 Å². The molecule has 2 aliphatic carbocycles. The molecule has 0 radical (unpaired) electrons. The number of hydrogen-bond donors (Lipinski definition) is 4. The summed E-state index contributed by atoms with van der Waals surface area (Å²) in [5.74, 6) is 8.10. The van der Waals surface area contributed by atoms with E-state index in [1.807, 2.05) is 63.2 Å². The third kappa shape index (κ3) is 7.05. The van der Waals surface area contributed by atoms with Crippen LogP contribution in [0.25, 0.3) is 22.3 Å². The first-order valence-corrected chi connectivity index (χ1v) is 19.7. The summed E-state index contributed by atoms with van der Waals surface area (Å²) in [5.41, 5.74) is 5.35. The topological polar surface area (TPSA) is 148 Å². The van der Waals surface area contributed by atoms with Gasteiger partial charge in [-0.2, -0.15) is 0 Å². The molecular weight excluding hydrogens is 695 g/mol. The first-order chi connectivity index (χ1) is 26.3. The number of carbonyl (C=O) groups is 3. The van der Waals surface area contributed by atoms with E-state index in [-0.39, 0.29) is 52.5 Å². The summed E-state index contributed by atoms with van der Waals surface area (Å²) in [6, 6.07) is 12.7. The summed E-state index contributed by atoms with van der Waals surface area (Å²) in [4.78, 5) is 55.2. The number of carbonyl (C=O) groups excluding carboxylic acids is 3. The van der Waals surface area contributed by atoms with Gasteiger partial charge in [0.15, 0.2) is 11.9 Å². The molecule has 4 atom stereocenters. The summed E-state index contributed by atoms with van der Waals surface area (Å²) in [5, 5.41) is 13.8. The van der Waals surface area contributed by atoms with Gasteiger partial charge < -0.3 is 30.0 Å². The zero-order chi connectivity index (χ0) is 38.8. The molecule has 2 saturated heterocycles. The molecule has 12 nitrogen and oxygen atoms in total. The van der Waals surface area contributed by atoms with E-state index in [9.17, 15) is 19.6 Å². The molecule has 288 valence electrons. The number of nitrogens with zero attached hydrogens (tertiary/aromatic N) is 4. The predicted molar refractivity (Wildman–Crippen MR) is 205 cm³/mol. The van der Waals surface area contributed by atoms with Crippen LogP contribution < -0.4 is 10.0 Å². The molecule has 0 bridgehead atoms. The lowest BCUT2D eigenvalue weighted by atomic mass is 9.96. The Balaban J connectivity index is 0.976. The maximum absolute atomic E-state index is 13.9. The van der Waals surface area contributed by atoms with Crippen molar-refractivity contribution < 1.29 is 29.1 Å². The lowest BCUT2D eigenvalue weighted by Gasteiger charge is -2.29. The smallest absolute Gasteiger partial charge is 0.407 e. The number of amides is 3. The minimum absolute atomic E-state index is 0.0278. The van der Waals surface area contributed by atoms with Crippen molar-refractivity contribution in [3.05, 3.63) is 71.4 Å². The van der Waals surface area contributed by atoms with Crippen molar-refractivity contribution in [3.8, 4) is 23.1 Å². The number of imidazole rings is 2. The van der Waals surface area contributed by atoms with Crippen LogP contribution >= 0.6 is 0 Å². The Hall–Kier alpha value is -5.31. The Morgan fingerprint density at radius 2 is 1.49 bits per heavy atom. The fraction of sp³-hybridized carbons (Fsp3) is 0.512. The third-order valence-corrected chi connectivity index (χ3v) is 12.7. The summed E-state index contributed by atoms with van der Waals surface area (Å²) in [6.45, 7) is 11.4. The first-order valence-electron chi connectivity index (χ1n) is 19.7. The number of ether oxygens (including phenoxy) is 1. The summed E-state index contributed by atoms with van der Waals surface area (Å²) in [7, 11) is 1.28. The molecule has 2 saturated carbocycles. The van der Waals surface area contributed by atoms with Crippen LogP contribution in [0.5, 0.6) is 0 Å². The number of aromatic nitrogens is 4. The van der Waals surface area contributed by atoms with Gasteiger partial charge >= 0.3 is 11.9 Å². The highest BCUT2D eigenvalue weighted by Crippen LogP contribution is 2.59. The number of nitrogens with one attached hydrogen (secondary N) is 3. The van der Waals surface area contributed by atoms with E-state index in [0.29, 0.717) is 18.1 Å². The number of rotatable bonds is 8. The molecule has 4 N–H and O–H groups in total. The zero-order valence-corrected chi connectivity index (χ0v) is 32.6. The Labute approximate surface area is 322 Å². The highest BCUT2D eigenvalue weighted by atomic mass is 16.5. The molecule has 12 heteroatoms. The van der Waals surface area contributed by atoms with Gasteiger partial charge in [-0.25, -0.2) is 14.8 Å². The normalized spacial score (nSPS) is 21.6. The molecule has 2 aliphatic heterocycles. The van der Waals surface area contributed by atoms with E-state index < -0.39 is 12.1 Å². The molecule has 0 unspecified atom stereocenters. The SMILES string of the molecule is COC(=O)N[C@H](C(=O)N1CC2(CC2)C[C@H]1c1[nH]c(-c2ccc(C#Cc3ccc4nc([C@@H]5CC6(CC6)CN5C(=O)[C@@H](C)C(C)C)[nH]c4c3)cc2)c[n+]1O)C(C)C. The molecule has 2 aromatic carbocycles. The Kier molecular flexibility index (Phi) is 9.17. The zero-order valence-electron chi connectivity index (χ0n) is 32.6. The van der Waals surface area contributed by atoms with E-state index in [4.69, 9.17) is 9.72 Å². The lowest BCUT2D eigenvalue weighted by molar-refractivity contribution is -0.909. The molecule has 4 fully saturated rings. The fourth-order valence-electron chi connectivity index (χ4n) is 8.51. The largest absolute Gasteiger partial charge is 0.453 e. The number of H-pyrrole nitrogens is 2. The Bertz CT molecular complexity index is 2200. The van der Waals surface area contributed by atoms with Crippen molar-refractivity contribution in [3.63, 3.8) is 0 Å². The average Bonchev–Trinajstić information content (AvgIpc) is 3.85. The summed E-state index contributed by atoms with van der Waals surface area (Å²) in [6.07, 6.45) is 7.10. The number of fused-ring (bicyclic) bond motifs is 1. The molecule has 4 heterocycles. The molecule has 8 rings (SSSR count). The van der Waals surface area contributed by atoms with Gasteiger partial charge in [-0.1, -0.05) is 46.5 Å².